The van der Waals surface area contributed by atoms with Gasteiger partial charge in [-0.3, -0.25) is 4.79 Å². The molecule has 9 heavy (non-hydrogen) atoms. The number of esters is 1. The lowest BCUT2D eigenvalue weighted by Gasteiger charge is -1.91. The van der Waals surface area contributed by atoms with Gasteiger partial charge in [-0.05, 0) is 0 Å². The first-order chi connectivity index (χ1) is 4.16. The molecule has 0 aliphatic heterocycles. The van der Waals surface area contributed by atoms with Crippen molar-refractivity contribution in [3.63, 3.8) is 0 Å². The maximum atomic E-state index is 10.3. The molecule has 0 atom stereocenters. The molecule has 0 saturated heterocycles. The molecule has 2 nitrogen and oxygen atoms in total. The molecular weight excluding hydrogens is 163 g/mol. The van der Waals surface area contributed by atoms with E-state index in [4.69, 9.17) is 23.2 Å². The summed E-state index contributed by atoms with van der Waals surface area (Å²) in [4.78, 5) is 10.3. The normalized spacial score (nSPS) is 8.33. The van der Waals surface area contributed by atoms with Gasteiger partial charge in [0.15, 0.2) is 0 Å². The summed E-state index contributed by atoms with van der Waals surface area (Å²) in [6, 6.07) is 0. The number of rotatable bonds is 2. The Balaban J connectivity index is 3.50. The second-order valence-corrected chi connectivity index (χ2v) is 2.26. The highest BCUT2D eigenvalue weighted by molar-refractivity contribution is 6.55. The minimum Gasteiger partial charge on any atom is -0.432 e. The van der Waals surface area contributed by atoms with E-state index in [1.165, 1.54) is 0 Å². The van der Waals surface area contributed by atoms with Crippen LogP contribution >= 0.6 is 23.2 Å². The van der Waals surface area contributed by atoms with Gasteiger partial charge in [-0.2, -0.15) is 0 Å². The second kappa shape index (κ2) is 4.65. The van der Waals surface area contributed by atoms with E-state index in [1.54, 1.807) is 6.92 Å². The molecule has 0 aromatic rings. The highest BCUT2D eigenvalue weighted by atomic mass is 35.5. The van der Waals surface area contributed by atoms with Crippen molar-refractivity contribution in [2.75, 3.05) is 0 Å². The Morgan fingerprint density at radius 2 is 2.22 bits per heavy atom. The molecule has 0 radical (unpaired) electrons. The fraction of sp³-hybridized carbons (Fsp3) is 0.400. The van der Waals surface area contributed by atoms with Gasteiger partial charge in [-0.1, -0.05) is 30.1 Å². The molecule has 0 aromatic heterocycles. The van der Waals surface area contributed by atoms with Crippen LogP contribution in [0.15, 0.2) is 10.8 Å². The number of halogens is 2. The third kappa shape index (κ3) is 5.66. The molecule has 0 aliphatic carbocycles. The van der Waals surface area contributed by atoms with Crippen molar-refractivity contribution in [1.82, 2.24) is 0 Å². The van der Waals surface area contributed by atoms with Crippen molar-refractivity contribution < 1.29 is 9.53 Å². The van der Waals surface area contributed by atoms with Crippen LogP contribution in [-0.2, 0) is 9.53 Å². The highest BCUT2D eigenvalue weighted by Crippen LogP contribution is 2.05. The number of carbonyl (C=O) groups is 1. The summed E-state index contributed by atoms with van der Waals surface area (Å²) in [6.07, 6.45) is 1.31. The molecule has 52 valence electrons. The minimum atomic E-state index is -0.353. The zero-order valence-electron chi connectivity index (χ0n) is 4.86. The fourth-order valence-corrected chi connectivity index (χ4v) is 0.283. The predicted octanol–water partition coefficient (Wildman–Crippen LogP) is 2.22. The van der Waals surface area contributed by atoms with E-state index in [0.717, 1.165) is 6.26 Å². The van der Waals surface area contributed by atoms with Crippen molar-refractivity contribution in [2.45, 2.75) is 13.3 Å². The van der Waals surface area contributed by atoms with Gasteiger partial charge < -0.3 is 4.74 Å². The summed E-state index contributed by atoms with van der Waals surface area (Å²) in [5.41, 5.74) is 0. The van der Waals surface area contributed by atoms with Gasteiger partial charge in [0.1, 0.15) is 10.8 Å². The predicted molar refractivity (Wildman–Crippen MR) is 36.2 cm³/mol. The molecule has 4 heteroatoms. The first-order valence-corrected chi connectivity index (χ1v) is 3.13. The molecule has 0 heterocycles. The van der Waals surface area contributed by atoms with Gasteiger partial charge in [0.2, 0.25) is 0 Å². The largest absolute Gasteiger partial charge is 0.432 e. The van der Waals surface area contributed by atoms with Crippen LogP contribution in [0.3, 0.4) is 0 Å². The summed E-state index contributed by atoms with van der Waals surface area (Å²) in [5, 5.41) is 0. The summed E-state index contributed by atoms with van der Waals surface area (Å²) in [7, 11) is 0. The molecule has 0 fully saturated rings. The van der Waals surface area contributed by atoms with Gasteiger partial charge >= 0.3 is 5.97 Å². The molecule has 0 amide bonds. The lowest BCUT2D eigenvalue weighted by molar-refractivity contribution is -0.137. The average Bonchev–Trinajstić information content (AvgIpc) is 1.83. The van der Waals surface area contributed by atoms with E-state index < -0.39 is 0 Å². The maximum absolute atomic E-state index is 10.3. The number of hydrogen-bond donors (Lipinski definition) is 0. The van der Waals surface area contributed by atoms with Crippen LogP contribution in [-0.4, -0.2) is 5.97 Å². The van der Waals surface area contributed by atoms with Gasteiger partial charge in [-0.25, -0.2) is 0 Å². The maximum Gasteiger partial charge on any atom is 0.310 e. The van der Waals surface area contributed by atoms with Gasteiger partial charge in [-0.15, -0.1) is 0 Å². The molecule has 0 aromatic carbocycles. The minimum absolute atomic E-state index is 0.0585. The monoisotopic (exact) mass is 168 g/mol. The summed E-state index contributed by atoms with van der Waals surface area (Å²) in [6.45, 7) is 1.68. The molecule has 0 N–H and O–H groups in total. The molecular formula is C5H6Cl2O2. The quantitative estimate of drug-likeness (QED) is 0.467. The average molecular weight is 169 g/mol. The van der Waals surface area contributed by atoms with E-state index in [2.05, 4.69) is 4.74 Å². The Morgan fingerprint density at radius 1 is 1.67 bits per heavy atom. The van der Waals surface area contributed by atoms with Gasteiger partial charge in [0.25, 0.3) is 0 Å². The van der Waals surface area contributed by atoms with Crippen LogP contribution < -0.4 is 0 Å². The Bertz CT molecular complexity index is 127. The Kier molecular flexibility index (Phi) is 4.54. The van der Waals surface area contributed by atoms with Crippen molar-refractivity contribution in [2.24, 2.45) is 0 Å². The Labute approximate surface area is 63.4 Å². The van der Waals surface area contributed by atoms with Crippen molar-refractivity contribution in [3.8, 4) is 0 Å². The zero-order chi connectivity index (χ0) is 7.28. The van der Waals surface area contributed by atoms with Crippen LogP contribution in [0.5, 0.6) is 0 Å². The summed E-state index contributed by atoms with van der Waals surface area (Å²) < 4.78 is 4.33. The third-order valence-corrected chi connectivity index (χ3v) is 0.746. The van der Waals surface area contributed by atoms with E-state index in [1.807, 2.05) is 0 Å². The smallest absolute Gasteiger partial charge is 0.310 e. The Hall–Kier alpha value is -0.210. The molecule has 0 bridgehead atoms. The lowest BCUT2D eigenvalue weighted by Crippen LogP contribution is -1.95. The number of ether oxygens (including phenoxy) is 1. The lowest BCUT2D eigenvalue weighted by atomic mass is 10.5. The first-order valence-electron chi connectivity index (χ1n) is 2.37. The van der Waals surface area contributed by atoms with E-state index in [0.29, 0.717) is 6.42 Å². The van der Waals surface area contributed by atoms with E-state index >= 15 is 0 Å². The van der Waals surface area contributed by atoms with E-state index in [9.17, 15) is 4.79 Å². The second-order valence-electron chi connectivity index (χ2n) is 1.25. The van der Waals surface area contributed by atoms with Crippen LogP contribution in [0.4, 0.5) is 0 Å². The standard InChI is InChI=1S/C5H6Cl2O2/c1-2-5(8)9-3-4(6)7/h3H,2H2,1H3. The van der Waals surface area contributed by atoms with Crippen LogP contribution in [0.25, 0.3) is 0 Å². The van der Waals surface area contributed by atoms with Crippen LogP contribution in [0.2, 0.25) is 0 Å². The van der Waals surface area contributed by atoms with Crippen molar-refractivity contribution in [1.29, 1.82) is 0 Å². The molecule has 0 rings (SSSR count). The van der Waals surface area contributed by atoms with Gasteiger partial charge in [0, 0.05) is 6.42 Å². The first kappa shape index (κ1) is 8.79. The van der Waals surface area contributed by atoms with Crippen LogP contribution in [0, 0.1) is 0 Å². The number of hydrogen-bond acceptors (Lipinski definition) is 2. The molecule has 0 aliphatic rings. The topological polar surface area (TPSA) is 26.3 Å². The van der Waals surface area contributed by atoms with Gasteiger partial charge in [0.05, 0.1) is 0 Å². The molecule has 0 unspecified atom stereocenters. The van der Waals surface area contributed by atoms with Crippen molar-refractivity contribution >= 4 is 29.2 Å². The third-order valence-electron chi connectivity index (χ3n) is 0.568. The molecule has 0 saturated carbocycles. The Morgan fingerprint density at radius 3 is 2.56 bits per heavy atom. The summed E-state index contributed by atoms with van der Waals surface area (Å²) in [5.74, 6) is -0.353. The van der Waals surface area contributed by atoms with Crippen molar-refractivity contribution in [3.05, 3.63) is 10.8 Å². The SMILES string of the molecule is CCC(=O)OC=C(Cl)Cl. The fourth-order valence-electron chi connectivity index (χ4n) is 0.194. The van der Waals surface area contributed by atoms with Crippen LogP contribution in [0.1, 0.15) is 13.3 Å². The van der Waals surface area contributed by atoms with E-state index in [-0.39, 0.29) is 10.5 Å². The highest BCUT2D eigenvalue weighted by Gasteiger charge is 1.93. The molecule has 0 spiro atoms. The zero-order valence-corrected chi connectivity index (χ0v) is 6.37. The summed E-state index contributed by atoms with van der Waals surface area (Å²) >= 11 is 10.3. The number of carbonyl (C=O) groups excluding carboxylic acids is 1.